The molecule has 0 spiro atoms. The van der Waals surface area contributed by atoms with Gasteiger partial charge in [-0.25, -0.2) is 14.6 Å². The molecule has 3 amide bonds. The van der Waals surface area contributed by atoms with Crippen LogP contribution in [0.15, 0.2) is 0 Å². The molecular weight excluding hydrogens is 434 g/mol. The van der Waals surface area contributed by atoms with Gasteiger partial charge in [0.15, 0.2) is 0 Å². The molecule has 1 heterocycles. The van der Waals surface area contributed by atoms with Crippen LogP contribution in [0.1, 0.15) is 41.5 Å². The predicted molar refractivity (Wildman–Crippen MR) is 107 cm³/mol. The first-order valence-corrected chi connectivity index (χ1v) is 10.1. The summed E-state index contributed by atoms with van der Waals surface area (Å²) in [4.78, 5) is 38.9. The fourth-order valence-electron chi connectivity index (χ4n) is 2.22. The van der Waals surface area contributed by atoms with Gasteiger partial charge in [-0.1, -0.05) is 15.9 Å². The van der Waals surface area contributed by atoms with Gasteiger partial charge in [0.25, 0.3) is 0 Å². The SMILES string of the molecule is CC(C)(C)OC(=O)N(C(=N)NN1CCN(C(=O)CBr)CC1)C(=O)OC(C)(C)C. The standard InChI is InChI=1S/C17H30BrN5O5/c1-16(2,3)27-14(25)23(15(26)28-17(4,5)6)13(19)20-22-9-7-21(8-10-22)12(24)11-18/h7-11H2,1-6H3,(H2,19,20). The van der Waals surface area contributed by atoms with Crippen LogP contribution in [0.5, 0.6) is 0 Å². The number of piperazine rings is 1. The van der Waals surface area contributed by atoms with Crippen LogP contribution in [-0.2, 0) is 14.3 Å². The lowest BCUT2D eigenvalue weighted by Crippen LogP contribution is -2.59. The normalized spacial score (nSPS) is 15.6. The fraction of sp³-hybridized carbons (Fsp3) is 0.765. The van der Waals surface area contributed by atoms with Crippen molar-refractivity contribution >= 4 is 40.0 Å². The number of nitrogens with zero attached hydrogens (tertiary/aromatic N) is 3. The number of hydrogen-bond donors (Lipinski definition) is 2. The predicted octanol–water partition coefficient (Wildman–Crippen LogP) is 2.14. The Labute approximate surface area is 174 Å². The molecule has 0 aromatic heterocycles. The van der Waals surface area contributed by atoms with E-state index >= 15 is 0 Å². The minimum Gasteiger partial charge on any atom is -0.443 e. The van der Waals surface area contributed by atoms with Crippen molar-refractivity contribution in [2.24, 2.45) is 0 Å². The van der Waals surface area contributed by atoms with Gasteiger partial charge in [0, 0.05) is 26.2 Å². The number of carbonyl (C=O) groups is 3. The monoisotopic (exact) mass is 463 g/mol. The molecule has 1 fully saturated rings. The van der Waals surface area contributed by atoms with Crippen LogP contribution in [0.2, 0.25) is 0 Å². The summed E-state index contributed by atoms with van der Waals surface area (Å²) in [6.07, 6.45) is -2.01. The van der Waals surface area contributed by atoms with Gasteiger partial charge in [-0.15, -0.1) is 4.90 Å². The largest absolute Gasteiger partial charge is 0.443 e. The number of nitrogens with one attached hydrogen (secondary N) is 2. The number of hydrazine groups is 1. The van der Waals surface area contributed by atoms with E-state index in [2.05, 4.69) is 21.4 Å². The second-order valence-corrected chi connectivity index (χ2v) is 8.82. The van der Waals surface area contributed by atoms with Gasteiger partial charge in [-0.3, -0.25) is 15.6 Å². The topological polar surface area (TPSA) is 115 Å². The zero-order valence-electron chi connectivity index (χ0n) is 17.3. The number of halogens is 1. The summed E-state index contributed by atoms with van der Waals surface area (Å²) in [6, 6.07) is 0. The Kier molecular flexibility index (Phi) is 8.24. The lowest BCUT2D eigenvalue weighted by Gasteiger charge is -2.36. The molecule has 1 aliphatic heterocycles. The van der Waals surface area contributed by atoms with E-state index in [0.29, 0.717) is 31.1 Å². The van der Waals surface area contributed by atoms with Crippen LogP contribution in [0, 0.1) is 5.41 Å². The average Bonchev–Trinajstić information content (AvgIpc) is 2.51. The lowest BCUT2D eigenvalue weighted by molar-refractivity contribution is -0.130. The Morgan fingerprint density at radius 3 is 1.75 bits per heavy atom. The van der Waals surface area contributed by atoms with Crippen molar-refractivity contribution in [2.75, 3.05) is 31.5 Å². The highest BCUT2D eigenvalue weighted by Crippen LogP contribution is 2.15. The molecule has 0 unspecified atom stereocenters. The molecule has 10 nitrogen and oxygen atoms in total. The lowest BCUT2D eigenvalue weighted by atomic mass is 10.2. The van der Waals surface area contributed by atoms with Gasteiger partial charge in [0.1, 0.15) is 11.2 Å². The molecule has 11 heteroatoms. The van der Waals surface area contributed by atoms with Gasteiger partial charge in [0.05, 0.1) is 5.33 Å². The third-order valence-corrected chi connectivity index (χ3v) is 3.87. The van der Waals surface area contributed by atoms with E-state index in [1.165, 1.54) is 0 Å². The molecule has 0 radical (unpaired) electrons. The number of amides is 3. The van der Waals surface area contributed by atoms with Gasteiger partial charge in [0.2, 0.25) is 11.9 Å². The summed E-state index contributed by atoms with van der Waals surface area (Å²) in [5.41, 5.74) is 1.03. The molecule has 0 atom stereocenters. The molecule has 2 N–H and O–H groups in total. The zero-order chi connectivity index (χ0) is 21.7. The maximum atomic E-state index is 12.5. The first kappa shape index (κ1) is 24.2. The Hall–Kier alpha value is -1.88. The van der Waals surface area contributed by atoms with Crippen LogP contribution < -0.4 is 5.43 Å². The number of alkyl halides is 1. The fourth-order valence-corrected chi connectivity index (χ4v) is 2.58. The second kappa shape index (κ2) is 9.55. The van der Waals surface area contributed by atoms with Gasteiger partial charge >= 0.3 is 12.2 Å². The van der Waals surface area contributed by atoms with Crippen LogP contribution in [0.4, 0.5) is 9.59 Å². The molecule has 1 rings (SSSR count). The molecular formula is C17H30BrN5O5. The van der Waals surface area contributed by atoms with Crippen molar-refractivity contribution in [3.63, 3.8) is 0 Å². The van der Waals surface area contributed by atoms with Crippen molar-refractivity contribution in [3.8, 4) is 0 Å². The second-order valence-electron chi connectivity index (χ2n) is 8.26. The molecule has 28 heavy (non-hydrogen) atoms. The van der Waals surface area contributed by atoms with Crippen molar-refractivity contribution in [3.05, 3.63) is 0 Å². The number of carbonyl (C=O) groups excluding carboxylic acids is 3. The Morgan fingerprint density at radius 2 is 1.39 bits per heavy atom. The smallest absolute Gasteiger partial charge is 0.427 e. The highest BCUT2D eigenvalue weighted by Gasteiger charge is 2.35. The maximum Gasteiger partial charge on any atom is 0.427 e. The summed E-state index contributed by atoms with van der Waals surface area (Å²) in [7, 11) is 0. The van der Waals surface area contributed by atoms with E-state index in [0.717, 1.165) is 0 Å². The molecule has 1 saturated heterocycles. The summed E-state index contributed by atoms with van der Waals surface area (Å²) < 4.78 is 10.5. The highest BCUT2D eigenvalue weighted by molar-refractivity contribution is 9.09. The molecule has 0 bridgehead atoms. The van der Waals surface area contributed by atoms with E-state index in [1.54, 1.807) is 51.5 Å². The number of guanidine groups is 1. The first-order valence-electron chi connectivity index (χ1n) is 8.93. The summed E-state index contributed by atoms with van der Waals surface area (Å²) in [6.45, 7) is 11.8. The van der Waals surface area contributed by atoms with Gasteiger partial charge in [-0.2, -0.15) is 0 Å². The van der Waals surface area contributed by atoms with Crippen LogP contribution >= 0.6 is 15.9 Å². The molecule has 0 aliphatic carbocycles. The minimum absolute atomic E-state index is 0.0149. The minimum atomic E-state index is -1.01. The number of ether oxygens (including phenoxy) is 2. The van der Waals surface area contributed by atoms with Crippen LogP contribution in [-0.4, -0.2) is 81.6 Å². The van der Waals surface area contributed by atoms with Gasteiger partial charge < -0.3 is 14.4 Å². The van der Waals surface area contributed by atoms with Crippen molar-refractivity contribution in [1.82, 2.24) is 20.2 Å². The van der Waals surface area contributed by atoms with Crippen molar-refractivity contribution in [1.29, 1.82) is 5.41 Å². The highest BCUT2D eigenvalue weighted by atomic mass is 79.9. The maximum absolute atomic E-state index is 12.5. The summed E-state index contributed by atoms with van der Waals surface area (Å²) in [5, 5.41) is 10.1. The van der Waals surface area contributed by atoms with E-state index < -0.39 is 29.3 Å². The summed E-state index contributed by atoms with van der Waals surface area (Å²) >= 11 is 3.14. The van der Waals surface area contributed by atoms with Crippen LogP contribution in [0.3, 0.4) is 0 Å². The molecule has 160 valence electrons. The third-order valence-electron chi connectivity index (χ3n) is 3.39. The van der Waals surface area contributed by atoms with Crippen molar-refractivity contribution in [2.45, 2.75) is 52.7 Å². The van der Waals surface area contributed by atoms with E-state index in [1.807, 2.05) is 0 Å². The number of imide groups is 1. The van der Waals surface area contributed by atoms with Crippen molar-refractivity contribution < 1.29 is 23.9 Å². The van der Waals surface area contributed by atoms with Crippen LogP contribution in [0.25, 0.3) is 0 Å². The third kappa shape index (κ3) is 8.01. The average molecular weight is 464 g/mol. The summed E-state index contributed by atoms with van der Waals surface area (Å²) in [5.74, 6) is -0.498. The molecule has 0 saturated carbocycles. The Morgan fingerprint density at radius 1 is 0.964 bits per heavy atom. The number of hydrogen-bond acceptors (Lipinski definition) is 7. The molecule has 0 aromatic rings. The van der Waals surface area contributed by atoms with E-state index in [-0.39, 0.29) is 11.2 Å². The number of rotatable bonds is 2. The van der Waals surface area contributed by atoms with E-state index in [4.69, 9.17) is 14.9 Å². The Bertz CT molecular complexity index is 578. The molecule has 1 aliphatic rings. The molecule has 0 aromatic carbocycles. The van der Waals surface area contributed by atoms with Gasteiger partial charge in [-0.05, 0) is 41.5 Å². The zero-order valence-corrected chi connectivity index (χ0v) is 18.9. The quantitative estimate of drug-likeness (QED) is 0.366. The Balaban J connectivity index is 2.83. The van der Waals surface area contributed by atoms with E-state index in [9.17, 15) is 14.4 Å². The first-order chi connectivity index (χ1) is 12.7.